The van der Waals surface area contributed by atoms with Crippen LogP contribution in [0, 0.1) is 12.3 Å². The molecule has 0 bridgehead atoms. The maximum absolute atomic E-state index is 5.75. The summed E-state index contributed by atoms with van der Waals surface area (Å²) in [6.07, 6.45) is 2.60. The van der Waals surface area contributed by atoms with Crippen molar-refractivity contribution in [2.75, 3.05) is 20.1 Å². The number of hydrogen-bond acceptors (Lipinski definition) is 3. The average Bonchev–Trinajstić information content (AvgIpc) is 2.63. The normalized spacial score (nSPS) is 20.2. The smallest absolute Gasteiger partial charge is 0.118 e. The number of hydrogen-bond donors (Lipinski definition) is 1. The number of nitrogens with one attached hydrogen (secondary N) is 1. The third kappa shape index (κ3) is 3.36. The second kappa shape index (κ2) is 5.45. The van der Waals surface area contributed by atoms with Crippen LogP contribution in [0.1, 0.15) is 43.8 Å². The predicted molar refractivity (Wildman–Crippen MR) is 74.5 cm³/mol. The van der Waals surface area contributed by atoms with Crippen LogP contribution in [0.2, 0.25) is 0 Å². The van der Waals surface area contributed by atoms with Crippen molar-refractivity contribution in [2.45, 2.75) is 46.7 Å². The molecule has 0 saturated carbocycles. The van der Waals surface area contributed by atoms with Gasteiger partial charge in [-0.25, -0.2) is 0 Å². The van der Waals surface area contributed by atoms with Crippen LogP contribution in [0.15, 0.2) is 10.5 Å². The van der Waals surface area contributed by atoms with Gasteiger partial charge in [0.2, 0.25) is 0 Å². The Morgan fingerprint density at radius 3 is 2.61 bits per heavy atom. The van der Waals surface area contributed by atoms with Gasteiger partial charge < -0.3 is 9.73 Å². The Balaban J connectivity index is 1.93. The SMILES string of the molecule is CNCc1cc(CN2CCC(C)(C)CC2)c(C)o1. The first-order chi connectivity index (χ1) is 8.50. The Labute approximate surface area is 111 Å². The van der Waals surface area contributed by atoms with Crippen molar-refractivity contribution < 1.29 is 4.42 Å². The summed E-state index contributed by atoms with van der Waals surface area (Å²) in [4.78, 5) is 2.55. The average molecular weight is 250 g/mol. The number of rotatable bonds is 4. The molecule has 2 heterocycles. The molecule has 3 heteroatoms. The topological polar surface area (TPSA) is 28.4 Å². The zero-order chi connectivity index (χ0) is 13.2. The number of likely N-dealkylation sites (tertiary alicyclic amines) is 1. The van der Waals surface area contributed by atoms with E-state index in [-0.39, 0.29) is 0 Å². The number of nitrogens with zero attached hydrogens (tertiary/aromatic N) is 1. The standard InChI is InChI=1S/C15H26N2O/c1-12-13(9-14(18-12)10-16-4)11-17-7-5-15(2,3)6-8-17/h9,16H,5-8,10-11H2,1-4H3. The largest absolute Gasteiger partial charge is 0.465 e. The molecule has 1 N–H and O–H groups in total. The van der Waals surface area contributed by atoms with Gasteiger partial charge in [0.1, 0.15) is 11.5 Å². The predicted octanol–water partition coefficient (Wildman–Crippen LogP) is 2.93. The van der Waals surface area contributed by atoms with Gasteiger partial charge in [0.05, 0.1) is 6.54 Å². The molecule has 0 aromatic carbocycles. The summed E-state index contributed by atoms with van der Waals surface area (Å²) in [6, 6.07) is 2.20. The number of aryl methyl sites for hydroxylation is 1. The summed E-state index contributed by atoms with van der Waals surface area (Å²) in [5.74, 6) is 2.12. The summed E-state index contributed by atoms with van der Waals surface area (Å²) in [5.41, 5.74) is 1.87. The van der Waals surface area contributed by atoms with Gasteiger partial charge in [0.25, 0.3) is 0 Å². The Kier molecular flexibility index (Phi) is 4.13. The second-order valence-electron chi connectivity index (χ2n) is 6.26. The lowest BCUT2D eigenvalue weighted by molar-refractivity contribution is 0.126. The van der Waals surface area contributed by atoms with E-state index < -0.39 is 0 Å². The third-order valence-corrected chi connectivity index (χ3v) is 4.03. The highest BCUT2D eigenvalue weighted by Gasteiger charge is 2.25. The monoisotopic (exact) mass is 250 g/mol. The van der Waals surface area contributed by atoms with Crippen molar-refractivity contribution in [1.29, 1.82) is 0 Å². The van der Waals surface area contributed by atoms with E-state index in [0.717, 1.165) is 24.6 Å². The minimum Gasteiger partial charge on any atom is -0.465 e. The lowest BCUT2D eigenvalue weighted by atomic mass is 9.82. The second-order valence-corrected chi connectivity index (χ2v) is 6.26. The van der Waals surface area contributed by atoms with E-state index in [1.807, 2.05) is 7.05 Å². The Morgan fingerprint density at radius 1 is 1.33 bits per heavy atom. The first-order valence-corrected chi connectivity index (χ1v) is 6.95. The van der Waals surface area contributed by atoms with E-state index in [1.54, 1.807) is 0 Å². The molecular formula is C15H26N2O. The molecule has 0 radical (unpaired) electrons. The summed E-state index contributed by atoms with van der Waals surface area (Å²) in [7, 11) is 1.95. The van der Waals surface area contributed by atoms with Crippen molar-refractivity contribution in [3.63, 3.8) is 0 Å². The summed E-state index contributed by atoms with van der Waals surface area (Å²) < 4.78 is 5.75. The quantitative estimate of drug-likeness (QED) is 0.890. The third-order valence-electron chi connectivity index (χ3n) is 4.03. The van der Waals surface area contributed by atoms with Crippen molar-refractivity contribution in [1.82, 2.24) is 10.2 Å². The van der Waals surface area contributed by atoms with Crippen molar-refractivity contribution in [2.24, 2.45) is 5.41 Å². The van der Waals surface area contributed by atoms with Crippen LogP contribution in [0.3, 0.4) is 0 Å². The number of piperidine rings is 1. The molecule has 0 unspecified atom stereocenters. The molecule has 18 heavy (non-hydrogen) atoms. The fraction of sp³-hybridized carbons (Fsp3) is 0.733. The van der Waals surface area contributed by atoms with Gasteiger partial charge in [-0.05, 0) is 51.4 Å². The van der Waals surface area contributed by atoms with Crippen LogP contribution >= 0.6 is 0 Å². The summed E-state index contributed by atoms with van der Waals surface area (Å²) in [6.45, 7) is 11.1. The molecule has 0 atom stereocenters. The molecule has 1 aromatic heterocycles. The fourth-order valence-corrected chi connectivity index (χ4v) is 2.56. The highest BCUT2D eigenvalue weighted by atomic mass is 16.3. The van der Waals surface area contributed by atoms with Crippen molar-refractivity contribution >= 4 is 0 Å². The lowest BCUT2D eigenvalue weighted by Crippen LogP contribution is -2.36. The molecule has 0 aliphatic carbocycles. The molecule has 1 fully saturated rings. The van der Waals surface area contributed by atoms with E-state index in [1.165, 1.54) is 31.5 Å². The Morgan fingerprint density at radius 2 is 2.00 bits per heavy atom. The van der Waals surface area contributed by atoms with E-state index in [0.29, 0.717) is 5.41 Å². The van der Waals surface area contributed by atoms with Gasteiger partial charge in [0.15, 0.2) is 0 Å². The zero-order valence-corrected chi connectivity index (χ0v) is 12.2. The molecule has 1 aromatic rings. The van der Waals surface area contributed by atoms with Gasteiger partial charge in [-0.3, -0.25) is 4.90 Å². The molecular weight excluding hydrogens is 224 g/mol. The summed E-state index contributed by atoms with van der Waals surface area (Å²) in [5, 5.41) is 3.13. The molecule has 1 aliphatic heterocycles. The number of furan rings is 1. The minimum absolute atomic E-state index is 0.527. The fourth-order valence-electron chi connectivity index (χ4n) is 2.56. The first kappa shape index (κ1) is 13.6. The minimum atomic E-state index is 0.527. The van der Waals surface area contributed by atoms with Crippen molar-refractivity contribution in [3.8, 4) is 0 Å². The molecule has 1 aliphatic rings. The molecule has 1 saturated heterocycles. The molecule has 2 rings (SSSR count). The van der Waals surface area contributed by atoms with Crippen LogP contribution in [0.5, 0.6) is 0 Å². The molecule has 102 valence electrons. The Bertz CT molecular complexity index is 385. The van der Waals surface area contributed by atoms with E-state index in [9.17, 15) is 0 Å². The summed E-state index contributed by atoms with van der Waals surface area (Å²) >= 11 is 0. The van der Waals surface area contributed by atoms with Gasteiger partial charge >= 0.3 is 0 Å². The van der Waals surface area contributed by atoms with Gasteiger partial charge in [-0.15, -0.1) is 0 Å². The van der Waals surface area contributed by atoms with E-state index in [2.05, 4.69) is 37.1 Å². The van der Waals surface area contributed by atoms with Crippen LogP contribution in [0.25, 0.3) is 0 Å². The highest BCUT2D eigenvalue weighted by molar-refractivity contribution is 5.20. The van der Waals surface area contributed by atoms with E-state index in [4.69, 9.17) is 4.42 Å². The van der Waals surface area contributed by atoms with Crippen LogP contribution in [-0.4, -0.2) is 25.0 Å². The maximum atomic E-state index is 5.75. The molecule has 0 spiro atoms. The highest BCUT2D eigenvalue weighted by Crippen LogP contribution is 2.30. The van der Waals surface area contributed by atoms with Crippen LogP contribution < -0.4 is 5.32 Å². The van der Waals surface area contributed by atoms with Gasteiger partial charge in [0, 0.05) is 12.1 Å². The van der Waals surface area contributed by atoms with Crippen LogP contribution in [0.4, 0.5) is 0 Å². The van der Waals surface area contributed by atoms with Crippen molar-refractivity contribution in [3.05, 3.63) is 23.2 Å². The van der Waals surface area contributed by atoms with E-state index >= 15 is 0 Å². The molecule has 3 nitrogen and oxygen atoms in total. The first-order valence-electron chi connectivity index (χ1n) is 6.95. The Hall–Kier alpha value is -0.800. The molecule has 0 amide bonds. The lowest BCUT2D eigenvalue weighted by Gasteiger charge is -2.36. The van der Waals surface area contributed by atoms with Gasteiger partial charge in [-0.2, -0.15) is 0 Å². The zero-order valence-electron chi connectivity index (χ0n) is 12.2. The maximum Gasteiger partial charge on any atom is 0.118 e. The van der Waals surface area contributed by atoms with Crippen LogP contribution in [-0.2, 0) is 13.1 Å². The van der Waals surface area contributed by atoms with Gasteiger partial charge in [-0.1, -0.05) is 13.8 Å².